The first kappa shape index (κ1) is 17.6. The zero-order valence-corrected chi connectivity index (χ0v) is 14.6. The smallest absolute Gasteiger partial charge is 0.347 e. The molecule has 0 N–H and O–H groups in total. The first-order valence-corrected chi connectivity index (χ1v) is 8.65. The lowest BCUT2D eigenvalue weighted by Gasteiger charge is -2.03. The number of fused-ring (bicyclic) bond motifs is 2. The van der Waals surface area contributed by atoms with Crippen molar-refractivity contribution in [3.05, 3.63) is 92.6 Å². The molecular weight excluding hydrogens is 360 g/mol. The number of carbonyl (C=O) groups is 2. The summed E-state index contributed by atoms with van der Waals surface area (Å²) in [4.78, 5) is 49.0. The molecule has 0 aliphatic heterocycles. The van der Waals surface area contributed by atoms with E-state index in [4.69, 9.17) is 8.83 Å². The lowest BCUT2D eigenvalue weighted by molar-refractivity contribution is 0.0913. The van der Waals surface area contributed by atoms with Crippen LogP contribution in [0.1, 0.15) is 33.6 Å². The molecule has 0 saturated carbocycles. The van der Waals surface area contributed by atoms with E-state index in [2.05, 4.69) is 0 Å². The highest BCUT2D eigenvalue weighted by Gasteiger charge is 2.18. The van der Waals surface area contributed by atoms with Gasteiger partial charge in [-0.1, -0.05) is 36.4 Å². The van der Waals surface area contributed by atoms with Gasteiger partial charge in [-0.25, -0.2) is 9.59 Å². The average molecular weight is 374 g/mol. The first-order valence-electron chi connectivity index (χ1n) is 8.65. The minimum atomic E-state index is -0.749. The molecule has 4 rings (SSSR count). The summed E-state index contributed by atoms with van der Waals surface area (Å²) >= 11 is 0. The van der Waals surface area contributed by atoms with Gasteiger partial charge in [-0.3, -0.25) is 9.59 Å². The molecule has 0 aliphatic rings. The summed E-state index contributed by atoms with van der Waals surface area (Å²) in [5.74, 6) is -1.03. The Morgan fingerprint density at radius 1 is 0.643 bits per heavy atom. The highest BCUT2D eigenvalue weighted by Crippen LogP contribution is 2.16. The number of ketones is 2. The lowest BCUT2D eigenvalue weighted by Crippen LogP contribution is -2.17. The molecule has 6 nitrogen and oxygen atoms in total. The zero-order chi connectivity index (χ0) is 19.7. The van der Waals surface area contributed by atoms with Crippen LogP contribution in [0.25, 0.3) is 21.9 Å². The number of benzene rings is 2. The number of Topliss-reactive ketones (excluding diaryl/α,β-unsaturated/α-hetero) is 2. The summed E-state index contributed by atoms with van der Waals surface area (Å²) in [7, 11) is 0. The maximum atomic E-state index is 12.4. The largest absolute Gasteiger partial charge is 0.422 e. The van der Waals surface area contributed by atoms with Gasteiger partial charge in [-0.2, -0.15) is 0 Å². The molecule has 0 saturated heterocycles. The van der Waals surface area contributed by atoms with Gasteiger partial charge in [-0.05, 0) is 24.3 Å². The van der Waals surface area contributed by atoms with Crippen LogP contribution in [-0.2, 0) is 0 Å². The van der Waals surface area contributed by atoms with Crippen LogP contribution >= 0.6 is 0 Å². The van der Waals surface area contributed by atoms with Gasteiger partial charge in [-0.15, -0.1) is 0 Å². The molecule has 138 valence electrons. The van der Waals surface area contributed by atoms with Gasteiger partial charge in [0.05, 0.1) is 0 Å². The molecule has 0 amide bonds. The Morgan fingerprint density at radius 3 is 1.46 bits per heavy atom. The second-order valence-electron chi connectivity index (χ2n) is 6.32. The van der Waals surface area contributed by atoms with Crippen molar-refractivity contribution in [1.29, 1.82) is 0 Å². The van der Waals surface area contributed by atoms with Gasteiger partial charge in [0.2, 0.25) is 0 Å². The van der Waals surface area contributed by atoms with E-state index in [9.17, 15) is 19.2 Å². The van der Waals surface area contributed by atoms with E-state index in [0.29, 0.717) is 21.9 Å². The maximum Gasteiger partial charge on any atom is 0.347 e. The van der Waals surface area contributed by atoms with E-state index in [1.165, 1.54) is 12.1 Å². The summed E-state index contributed by atoms with van der Waals surface area (Å²) in [5, 5.41) is 1.24. The number of hydrogen-bond acceptors (Lipinski definition) is 6. The number of rotatable bonds is 5. The molecule has 2 aromatic carbocycles. The topological polar surface area (TPSA) is 94.6 Å². The minimum Gasteiger partial charge on any atom is -0.422 e. The molecular formula is C22H14O6. The molecule has 0 fully saturated rings. The number of carbonyl (C=O) groups excluding carboxylic acids is 2. The van der Waals surface area contributed by atoms with Crippen molar-refractivity contribution in [1.82, 2.24) is 0 Å². The van der Waals surface area contributed by atoms with Crippen molar-refractivity contribution in [2.45, 2.75) is 12.8 Å². The highest BCUT2D eigenvalue weighted by atomic mass is 16.4. The van der Waals surface area contributed by atoms with Crippen LogP contribution in [0.4, 0.5) is 0 Å². The molecule has 28 heavy (non-hydrogen) atoms. The Kier molecular flexibility index (Phi) is 4.45. The van der Waals surface area contributed by atoms with Gasteiger partial charge in [0, 0.05) is 23.6 Å². The lowest BCUT2D eigenvalue weighted by atomic mass is 10.0. The Balaban J connectivity index is 1.56. The van der Waals surface area contributed by atoms with E-state index >= 15 is 0 Å². The van der Waals surface area contributed by atoms with Crippen molar-refractivity contribution >= 4 is 33.5 Å². The molecule has 0 unspecified atom stereocenters. The quantitative estimate of drug-likeness (QED) is 0.390. The third kappa shape index (κ3) is 3.27. The van der Waals surface area contributed by atoms with Gasteiger partial charge < -0.3 is 8.83 Å². The zero-order valence-electron chi connectivity index (χ0n) is 14.6. The molecule has 0 bridgehead atoms. The van der Waals surface area contributed by atoms with Gasteiger partial charge in [0.25, 0.3) is 0 Å². The minimum absolute atomic E-state index is 0.114. The predicted molar refractivity (Wildman–Crippen MR) is 103 cm³/mol. The fourth-order valence-corrected chi connectivity index (χ4v) is 3.01. The van der Waals surface area contributed by atoms with Crippen LogP contribution in [0, 0.1) is 0 Å². The maximum absolute atomic E-state index is 12.4. The fraction of sp³-hybridized carbons (Fsp3) is 0.0909. The van der Waals surface area contributed by atoms with Crippen LogP contribution < -0.4 is 11.3 Å². The molecule has 6 heteroatoms. The fourth-order valence-electron chi connectivity index (χ4n) is 3.01. The monoisotopic (exact) mass is 374 g/mol. The molecule has 0 aliphatic carbocycles. The molecule has 0 radical (unpaired) electrons. The number of para-hydroxylation sites is 2. The summed E-state index contributed by atoms with van der Waals surface area (Å²) in [6, 6.07) is 16.6. The third-order valence-electron chi connectivity index (χ3n) is 4.46. The van der Waals surface area contributed by atoms with Crippen LogP contribution in [-0.4, -0.2) is 11.6 Å². The van der Waals surface area contributed by atoms with E-state index in [1.54, 1.807) is 48.5 Å². The third-order valence-corrected chi connectivity index (χ3v) is 4.46. The Labute approximate surface area is 158 Å². The summed E-state index contributed by atoms with van der Waals surface area (Å²) in [5.41, 5.74) is -0.959. The molecule has 2 heterocycles. The van der Waals surface area contributed by atoms with Crippen molar-refractivity contribution in [2.24, 2.45) is 0 Å². The van der Waals surface area contributed by atoms with Crippen molar-refractivity contribution in [3.63, 3.8) is 0 Å². The van der Waals surface area contributed by atoms with Crippen molar-refractivity contribution in [2.75, 3.05) is 0 Å². The first-order chi connectivity index (χ1) is 13.5. The standard InChI is InChI=1S/C22H14O6/c23-17(15-11-13-5-1-3-7-19(13)27-21(15)25)9-10-18(24)16-12-14-6-2-4-8-20(14)28-22(16)26/h1-8,11-12H,9-10H2. The van der Waals surface area contributed by atoms with E-state index < -0.39 is 22.8 Å². The van der Waals surface area contributed by atoms with E-state index in [-0.39, 0.29) is 24.0 Å². The highest BCUT2D eigenvalue weighted by molar-refractivity contribution is 6.03. The molecule has 0 atom stereocenters. The van der Waals surface area contributed by atoms with Gasteiger partial charge in [0.15, 0.2) is 11.6 Å². The van der Waals surface area contributed by atoms with Gasteiger partial charge >= 0.3 is 11.3 Å². The van der Waals surface area contributed by atoms with Crippen LogP contribution in [0.5, 0.6) is 0 Å². The molecule has 4 aromatic rings. The summed E-state index contributed by atoms with van der Waals surface area (Å²) in [6.07, 6.45) is -0.428. The van der Waals surface area contributed by atoms with Gasteiger partial charge in [0.1, 0.15) is 22.3 Å². The number of hydrogen-bond donors (Lipinski definition) is 0. The van der Waals surface area contributed by atoms with E-state index in [0.717, 1.165) is 0 Å². The van der Waals surface area contributed by atoms with Crippen LogP contribution in [0.2, 0.25) is 0 Å². The second-order valence-corrected chi connectivity index (χ2v) is 6.32. The Morgan fingerprint density at radius 2 is 1.04 bits per heavy atom. The average Bonchev–Trinajstić information content (AvgIpc) is 2.70. The van der Waals surface area contributed by atoms with Crippen LogP contribution in [0.15, 0.2) is 79.1 Å². The summed E-state index contributed by atoms with van der Waals surface area (Å²) in [6.45, 7) is 0. The second kappa shape index (κ2) is 7.08. The predicted octanol–water partition coefficient (Wildman–Crippen LogP) is 3.75. The normalized spacial score (nSPS) is 11.0. The van der Waals surface area contributed by atoms with E-state index in [1.807, 2.05) is 0 Å². The Hall–Kier alpha value is -3.80. The van der Waals surface area contributed by atoms with Crippen LogP contribution in [0.3, 0.4) is 0 Å². The molecule has 0 spiro atoms. The van der Waals surface area contributed by atoms with Crippen molar-refractivity contribution < 1.29 is 18.4 Å². The molecule has 2 aromatic heterocycles. The van der Waals surface area contributed by atoms with Crippen molar-refractivity contribution in [3.8, 4) is 0 Å². The SMILES string of the molecule is O=C(CCC(=O)c1cc2ccccc2oc1=O)c1cc2ccccc2oc1=O. The summed E-state index contributed by atoms with van der Waals surface area (Å²) < 4.78 is 10.3. The Bertz CT molecular complexity index is 1240.